The van der Waals surface area contributed by atoms with Crippen LogP contribution in [0.25, 0.3) is 0 Å². The smallest absolute Gasteiger partial charge is 0.236 e. The highest BCUT2D eigenvalue weighted by Crippen LogP contribution is 2.22. The summed E-state index contributed by atoms with van der Waals surface area (Å²) < 4.78 is 0. The first-order chi connectivity index (χ1) is 5.79. The largest absolute Gasteiger partial charge is 0.274 e. The van der Waals surface area contributed by atoms with Gasteiger partial charge in [0.25, 0.3) is 0 Å². The van der Waals surface area contributed by atoms with Gasteiger partial charge in [0, 0.05) is 12.8 Å². The molecule has 1 aliphatic heterocycles. The highest BCUT2D eigenvalue weighted by atomic mass is 32.1. The molecule has 12 heavy (non-hydrogen) atoms. The molecule has 6 heteroatoms. The molecule has 0 spiro atoms. The van der Waals surface area contributed by atoms with E-state index in [4.69, 9.17) is 0 Å². The fourth-order valence-electron chi connectivity index (χ4n) is 1.05. The number of anilines is 1. The van der Waals surface area contributed by atoms with E-state index < -0.39 is 0 Å². The lowest BCUT2D eigenvalue weighted by Crippen LogP contribution is -2.28. The predicted octanol–water partition coefficient (Wildman–Crippen LogP) is 0.191. The SMILES string of the molecule is O=C1CCC(=O)N1c1nncs1. The molecule has 5 nitrogen and oxygen atoms in total. The Hall–Kier alpha value is -1.30. The average molecular weight is 183 g/mol. The van der Waals surface area contributed by atoms with Crippen molar-refractivity contribution in [2.24, 2.45) is 0 Å². The lowest BCUT2D eigenvalue weighted by Gasteiger charge is -2.06. The molecule has 0 N–H and O–H groups in total. The van der Waals surface area contributed by atoms with E-state index in [1.807, 2.05) is 0 Å². The zero-order chi connectivity index (χ0) is 8.55. The van der Waals surface area contributed by atoms with E-state index in [0.29, 0.717) is 18.0 Å². The van der Waals surface area contributed by atoms with Gasteiger partial charge in [0.1, 0.15) is 5.51 Å². The standard InChI is InChI=1S/C6H5N3O2S/c10-4-1-2-5(11)9(4)6-8-7-3-12-6/h3H,1-2H2. The van der Waals surface area contributed by atoms with E-state index >= 15 is 0 Å². The first kappa shape index (κ1) is 7.35. The number of amides is 2. The minimum Gasteiger partial charge on any atom is -0.274 e. The summed E-state index contributed by atoms with van der Waals surface area (Å²) >= 11 is 1.19. The quantitative estimate of drug-likeness (QED) is 0.583. The van der Waals surface area contributed by atoms with Crippen LogP contribution in [0.3, 0.4) is 0 Å². The molecule has 0 saturated carbocycles. The molecule has 1 aromatic heterocycles. The maximum absolute atomic E-state index is 11.1. The Morgan fingerprint density at radius 1 is 1.33 bits per heavy atom. The number of imide groups is 1. The Morgan fingerprint density at radius 3 is 2.50 bits per heavy atom. The Morgan fingerprint density at radius 2 is 2.00 bits per heavy atom. The molecule has 0 radical (unpaired) electrons. The van der Waals surface area contributed by atoms with Gasteiger partial charge >= 0.3 is 0 Å². The summed E-state index contributed by atoms with van der Waals surface area (Å²) in [6, 6.07) is 0. The number of aromatic nitrogens is 2. The predicted molar refractivity (Wildman–Crippen MR) is 41.6 cm³/mol. The van der Waals surface area contributed by atoms with Gasteiger partial charge in [-0.05, 0) is 0 Å². The van der Waals surface area contributed by atoms with Crippen LogP contribution in [0, 0.1) is 0 Å². The third-order valence-corrected chi connectivity index (χ3v) is 2.27. The third-order valence-electron chi connectivity index (χ3n) is 1.59. The second-order valence-electron chi connectivity index (χ2n) is 2.34. The monoisotopic (exact) mass is 183 g/mol. The maximum atomic E-state index is 11.1. The van der Waals surface area contributed by atoms with Gasteiger partial charge in [-0.1, -0.05) is 11.3 Å². The van der Waals surface area contributed by atoms with Gasteiger partial charge in [-0.15, -0.1) is 10.2 Å². The van der Waals surface area contributed by atoms with Crippen molar-refractivity contribution in [3.8, 4) is 0 Å². The number of hydrogen-bond donors (Lipinski definition) is 0. The van der Waals surface area contributed by atoms with Gasteiger partial charge in [0.05, 0.1) is 0 Å². The van der Waals surface area contributed by atoms with Crippen LogP contribution in [0.2, 0.25) is 0 Å². The molecule has 1 saturated heterocycles. The van der Waals surface area contributed by atoms with Crippen LogP contribution in [0.4, 0.5) is 5.13 Å². The number of carbonyl (C=O) groups excluding carboxylic acids is 2. The molecule has 62 valence electrons. The van der Waals surface area contributed by atoms with Crippen LogP contribution in [-0.2, 0) is 9.59 Å². The van der Waals surface area contributed by atoms with Crippen molar-refractivity contribution < 1.29 is 9.59 Å². The minimum atomic E-state index is -0.184. The highest BCUT2D eigenvalue weighted by molar-refractivity contribution is 7.13. The molecule has 1 aliphatic rings. The summed E-state index contributed by atoms with van der Waals surface area (Å²) in [5.41, 5.74) is 1.49. The first-order valence-electron chi connectivity index (χ1n) is 3.41. The van der Waals surface area contributed by atoms with E-state index in [1.165, 1.54) is 16.8 Å². The van der Waals surface area contributed by atoms with Crippen molar-refractivity contribution in [3.05, 3.63) is 5.51 Å². The molecule has 2 amide bonds. The minimum absolute atomic E-state index is 0.184. The molecule has 1 aromatic rings. The molecule has 0 aromatic carbocycles. The van der Waals surface area contributed by atoms with Crippen molar-refractivity contribution in [2.45, 2.75) is 12.8 Å². The van der Waals surface area contributed by atoms with Crippen LogP contribution < -0.4 is 4.90 Å². The number of rotatable bonds is 1. The Labute approximate surface area is 72.0 Å². The second-order valence-corrected chi connectivity index (χ2v) is 3.16. The van der Waals surface area contributed by atoms with Crippen molar-refractivity contribution in [1.29, 1.82) is 0 Å². The van der Waals surface area contributed by atoms with Crippen LogP contribution in [0.1, 0.15) is 12.8 Å². The molecule has 0 aliphatic carbocycles. The van der Waals surface area contributed by atoms with E-state index in [-0.39, 0.29) is 11.8 Å². The summed E-state index contributed by atoms with van der Waals surface area (Å²) in [5, 5.41) is 7.59. The summed E-state index contributed by atoms with van der Waals surface area (Å²) in [5.74, 6) is -0.367. The number of carbonyl (C=O) groups is 2. The van der Waals surface area contributed by atoms with Gasteiger partial charge in [-0.3, -0.25) is 9.59 Å². The van der Waals surface area contributed by atoms with Crippen molar-refractivity contribution >= 4 is 28.3 Å². The maximum Gasteiger partial charge on any atom is 0.236 e. The first-order valence-corrected chi connectivity index (χ1v) is 4.29. The Bertz CT molecular complexity index is 306. The second kappa shape index (κ2) is 2.63. The summed E-state index contributed by atoms with van der Waals surface area (Å²) in [6.45, 7) is 0. The third kappa shape index (κ3) is 1.00. The fraction of sp³-hybridized carbons (Fsp3) is 0.333. The molecular formula is C6H5N3O2S. The summed E-state index contributed by atoms with van der Waals surface area (Å²) in [6.07, 6.45) is 0.580. The summed E-state index contributed by atoms with van der Waals surface area (Å²) in [4.78, 5) is 23.3. The van der Waals surface area contributed by atoms with E-state index in [0.717, 1.165) is 4.90 Å². The molecule has 0 bridgehead atoms. The lowest BCUT2D eigenvalue weighted by molar-refractivity contribution is -0.121. The number of nitrogens with zero attached hydrogens (tertiary/aromatic N) is 3. The van der Waals surface area contributed by atoms with Gasteiger partial charge in [-0.2, -0.15) is 0 Å². The van der Waals surface area contributed by atoms with Crippen molar-refractivity contribution in [3.63, 3.8) is 0 Å². The Balaban J connectivity index is 2.34. The van der Waals surface area contributed by atoms with Crippen molar-refractivity contribution in [2.75, 3.05) is 4.90 Å². The van der Waals surface area contributed by atoms with Crippen LogP contribution in [0.15, 0.2) is 5.51 Å². The van der Waals surface area contributed by atoms with Crippen LogP contribution >= 0.6 is 11.3 Å². The van der Waals surface area contributed by atoms with E-state index in [2.05, 4.69) is 10.2 Å². The average Bonchev–Trinajstić information content (AvgIpc) is 2.61. The van der Waals surface area contributed by atoms with Gasteiger partial charge in [-0.25, -0.2) is 4.90 Å². The van der Waals surface area contributed by atoms with E-state index in [9.17, 15) is 9.59 Å². The zero-order valence-corrected chi connectivity index (χ0v) is 6.87. The van der Waals surface area contributed by atoms with Gasteiger partial charge < -0.3 is 0 Å². The molecule has 0 unspecified atom stereocenters. The van der Waals surface area contributed by atoms with E-state index in [1.54, 1.807) is 0 Å². The fourth-order valence-corrected chi connectivity index (χ4v) is 1.65. The molecule has 1 fully saturated rings. The highest BCUT2D eigenvalue weighted by Gasteiger charge is 2.32. The normalized spacial score (nSPS) is 17.5. The molecule has 0 atom stereocenters. The topological polar surface area (TPSA) is 63.2 Å². The molecule has 2 heterocycles. The van der Waals surface area contributed by atoms with Gasteiger partial charge in [0.2, 0.25) is 16.9 Å². The molecule has 2 rings (SSSR count). The van der Waals surface area contributed by atoms with Gasteiger partial charge in [0.15, 0.2) is 0 Å². The molecular weight excluding hydrogens is 178 g/mol. The van der Waals surface area contributed by atoms with Crippen molar-refractivity contribution in [1.82, 2.24) is 10.2 Å². The van der Waals surface area contributed by atoms with Crippen LogP contribution in [-0.4, -0.2) is 22.0 Å². The zero-order valence-electron chi connectivity index (χ0n) is 6.06. The van der Waals surface area contributed by atoms with Crippen LogP contribution in [0.5, 0.6) is 0 Å². The number of hydrogen-bond acceptors (Lipinski definition) is 5. The Kier molecular flexibility index (Phi) is 1.61. The summed E-state index contributed by atoms with van der Waals surface area (Å²) in [7, 11) is 0. The lowest BCUT2D eigenvalue weighted by atomic mass is 10.4.